The van der Waals surface area contributed by atoms with Crippen molar-refractivity contribution in [2.45, 2.75) is 20.4 Å². The molecule has 0 spiro atoms. The van der Waals surface area contributed by atoms with Gasteiger partial charge in [-0.2, -0.15) is 0 Å². The number of nitrogens with one attached hydrogen (secondary N) is 2. The molecule has 1 aromatic rings. The number of pyridine rings is 1. The van der Waals surface area contributed by atoms with Crippen LogP contribution < -0.4 is 10.6 Å². The molecule has 0 aliphatic heterocycles. The minimum Gasteiger partial charge on any atom is -0.352 e. The molecule has 6 nitrogen and oxygen atoms in total. The van der Waals surface area contributed by atoms with Gasteiger partial charge in [0.1, 0.15) is 0 Å². The van der Waals surface area contributed by atoms with Gasteiger partial charge >= 0.3 is 6.03 Å². The van der Waals surface area contributed by atoms with Gasteiger partial charge in [-0.15, -0.1) is 0 Å². The summed E-state index contributed by atoms with van der Waals surface area (Å²) in [6.45, 7) is 5.00. The Morgan fingerprint density at radius 3 is 2.60 bits per heavy atom. The van der Waals surface area contributed by atoms with Crippen LogP contribution in [0.3, 0.4) is 0 Å². The molecule has 2 N–H and O–H groups in total. The van der Waals surface area contributed by atoms with Crippen LogP contribution in [-0.2, 0) is 6.54 Å². The van der Waals surface area contributed by atoms with Gasteiger partial charge in [0.05, 0.1) is 12.2 Å². The van der Waals surface area contributed by atoms with Crippen LogP contribution in [0.25, 0.3) is 0 Å². The highest BCUT2D eigenvalue weighted by atomic mass is 16.2. The Morgan fingerprint density at radius 1 is 1.30 bits per heavy atom. The van der Waals surface area contributed by atoms with Crippen LogP contribution in [-0.4, -0.2) is 42.5 Å². The van der Waals surface area contributed by atoms with E-state index in [9.17, 15) is 9.59 Å². The smallest absolute Gasteiger partial charge is 0.317 e. The van der Waals surface area contributed by atoms with Crippen molar-refractivity contribution in [3.8, 4) is 0 Å². The standard InChI is InChI=1S/C14H22N4O2/c1-10(2)8-16-13(19)11-5-6-15-12(7-11)9-17-14(20)18(3)4/h5-7,10H,8-9H2,1-4H3,(H,16,19)(H,17,20). The summed E-state index contributed by atoms with van der Waals surface area (Å²) in [6, 6.07) is 3.15. The minimum absolute atomic E-state index is 0.124. The lowest BCUT2D eigenvalue weighted by Crippen LogP contribution is -2.34. The fourth-order valence-electron chi connectivity index (χ4n) is 1.44. The average Bonchev–Trinajstić information content (AvgIpc) is 2.42. The zero-order valence-corrected chi connectivity index (χ0v) is 12.4. The van der Waals surface area contributed by atoms with E-state index in [1.54, 1.807) is 32.4 Å². The van der Waals surface area contributed by atoms with Gasteiger partial charge in [-0.05, 0) is 18.1 Å². The van der Waals surface area contributed by atoms with Crippen molar-refractivity contribution < 1.29 is 9.59 Å². The number of hydrogen-bond donors (Lipinski definition) is 2. The van der Waals surface area contributed by atoms with Gasteiger partial charge in [-0.25, -0.2) is 4.79 Å². The molecule has 0 saturated heterocycles. The summed E-state index contributed by atoms with van der Waals surface area (Å²) in [6.07, 6.45) is 1.57. The number of amides is 3. The highest BCUT2D eigenvalue weighted by Crippen LogP contribution is 2.02. The summed E-state index contributed by atoms with van der Waals surface area (Å²) >= 11 is 0. The molecule has 0 aliphatic carbocycles. The summed E-state index contributed by atoms with van der Waals surface area (Å²) in [4.78, 5) is 28.9. The van der Waals surface area contributed by atoms with Crippen molar-refractivity contribution in [1.29, 1.82) is 0 Å². The summed E-state index contributed by atoms with van der Waals surface area (Å²) < 4.78 is 0. The Hall–Kier alpha value is -2.11. The fraction of sp³-hybridized carbons (Fsp3) is 0.500. The number of carbonyl (C=O) groups is 2. The molecule has 1 rings (SSSR count). The van der Waals surface area contributed by atoms with Crippen LogP contribution >= 0.6 is 0 Å². The number of nitrogens with zero attached hydrogens (tertiary/aromatic N) is 2. The molecule has 6 heteroatoms. The van der Waals surface area contributed by atoms with E-state index in [-0.39, 0.29) is 11.9 Å². The van der Waals surface area contributed by atoms with Gasteiger partial charge in [0.25, 0.3) is 5.91 Å². The first-order chi connectivity index (χ1) is 9.40. The van der Waals surface area contributed by atoms with Gasteiger partial charge in [0.15, 0.2) is 0 Å². The molecule has 0 bridgehead atoms. The average molecular weight is 278 g/mol. The van der Waals surface area contributed by atoms with Crippen molar-refractivity contribution >= 4 is 11.9 Å². The summed E-state index contributed by atoms with van der Waals surface area (Å²) in [5.74, 6) is 0.279. The number of hydrogen-bond acceptors (Lipinski definition) is 3. The van der Waals surface area contributed by atoms with Crippen LogP contribution in [0.15, 0.2) is 18.3 Å². The molecular weight excluding hydrogens is 256 g/mol. The quantitative estimate of drug-likeness (QED) is 0.851. The maximum atomic E-state index is 11.9. The molecule has 0 radical (unpaired) electrons. The van der Waals surface area contributed by atoms with E-state index in [2.05, 4.69) is 15.6 Å². The molecule has 1 aromatic heterocycles. The molecule has 0 aliphatic rings. The van der Waals surface area contributed by atoms with Crippen LogP contribution in [0.2, 0.25) is 0 Å². The molecule has 110 valence electrons. The molecule has 1 heterocycles. The highest BCUT2D eigenvalue weighted by molar-refractivity contribution is 5.94. The lowest BCUT2D eigenvalue weighted by Gasteiger charge is -2.12. The van der Waals surface area contributed by atoms with Gasteiger partial charge < -0.3 is 15.5 Å². The Bertz CT molecular complexity index is 472. The maximum Gasteiger partial charge on any atom is 0.317 e. The largest absolute Gasteiger partial charge is 0.352 e. The molecule has 3 amide bonds. The van der Waals surface area contributed by atoms with Crippen molar-refractivity contribution in [3.63, 3.8) is 0 Å². The predicted molar refractivity (Wildman–Crippen MR) is 77.3 cm³/mol. The predicted octanol–water partition coefficient (Wildman–Crippen LogP) is 1.24. The van der Waals surface area contributed by atoms with E-state index < -0.39 is 0 Å². The van der Waals surface area contributed by atoms with Gasteiger partial charge in [-0.1, -0.05) is 13.8 Å². The van der Waals surface area contributed by atoms with Gasteiger partial charge in [-0.3, -0.25) is 9.78 Å². The van der Waals surface area contributed by atoms with E-state index in [1.807, 2.05) is 13.8 Å². The van der Waals surface area contributed by atoms with Crippen molar-refractivity contribution in [2.75, 3.05) is 20.6 Å². The van der Waals surface area contributed by atoms with E-state index in [1.165, 1.54) is 4.90 Å². The molecule has 0 aromatic carbocycles. The lowest BCUT2D eigenvalue weighted by atomic mass is 10.2. The number of carbonyl (C=O) groups excluding carboxylic acids is 2. The normalized spacial score (nSPS) is 10.2. The fourth-order valence-corrected chi connectivity index (χ4v) is 1.44. The summed E-state index contributed by atoms with van der Waals surface area (Å²) in [5.41, 5.74) is 1.20. The van der Waals surface area contributed by atoms with Crippen molar-refractivity contribution in [3.05, 3.63) is 29.6 Å². The highest BCUT2D eigenvalue weighted by Gasteiger charge is 2.08. The van der Waals surface area contributed by atoms with Gasteiger partial charge in [0.2, 0.25) is 0 Å². The van der Waals surface area contributed by atoms with Crippen molar-refractivity contribution in [1.82, 2.24) is 20.5 Å². The number of rotatable bonds is 5. The minimum atomic E-state index is -0.193. The molecular formula is C14H22N4O2. The SMILES string of the molecule is CC(C)CNC(=O)c1ccnc(CNC(=O)N(C)C)c1. The second-order valence-electron chi connectivity index (χ2n) is 5.19. The van der Waals surface area contributed by atoms with E-state index >= 15 is 0 Å². The van der Waals surface area contributed by atoms with Crippen LogP contribution in [0.1, 0.15) is 29.9 Å². The molecule has 0 fully saturated rings. The first-order valence-electron chi connectivity index (χ1n) is 6.58. The van der Waals surface area contributed by atoms with Crippen LogP contribution in [0.4, 0.5) is 4.79 Å². The van der Waals surface area contributed by atoms with Crippen molar-refractivity contribution in [2.24, 2.45) is 5.92 Å². The van der Waals surface area contributed by atoms with E-state index in [0.717, 1.165) is 0 Å². The summed E-state index contributed by atoms with van der Waals surface area (Å²) in [7, 11) is 3.33. The molecule has 0 atom stereocenters. The third-order valence-corrected chi connectivity index (χ3v) is 2.58. The Balaban J connectivity index is 2.61. The maximum absolute atomic E-state index is 11.9. The first kappa shape index (κ1) is 15.9. The third-order valence-electron chi connectivity index (χ3n) is 2.58. The second-order valence-corrected chi connectivity index (χ2v) is 5.19. The molecule has 0 saturated carbocycles. The topological polar surface area (TPSA) is 74.3 Å². The number of aromatic nitrogens is 1. The van der Waals surface area contributed by atoms with Crippen LogP contribution in [0, 0.1) is 5.92 Å². The number of urea groups is 1. The van der Waals surface area contributed by atoms with Gasteiger partial charge in [0, 0.05) is 32.4 Å². The second kappa shape index (κ2) is 7.47. The lowest BCUT2D eigenvalue weighted by molar-refractivity contribution is 0.0949. The Labute approximate surface area is 119 Å². The molecule has 0 unspecified atom stereocenters. The van der Waals surface area contributed by atoms with E-state index in [0.29, 0.717) is 30.3 Å². The monoisotopic (exact) mass is 278 g/mol. The van der Waals surface area contributed by atoms with E-state index in [4.69, 9.17) is 0 Å². The van der Waals surface area contributed by atoms with Crippen LogP contribution in [0.5, 0.6) is 0 Å². The third kappa shape index (κ3) is 5.26. The zero-order valence-electron chi connectivity index (χ0n) is 12.4. The Morgan fingerprint density at radius 2 is 2.00 bits per heavy atom. The zero-order chi connectivity index (χ0) is 15.1. The first-order valence-corrected chi connectivity index (χ1v) is 6.58. The Kier molecular flexibility index (Phi) is 5.96. The summed E-state index contributed by atoms with van der Waals surface area (Å²) in [5, 5.41) is 5.55. The molecule has 20 heavy (non-hydrogen) atoms.